The summed E-state index contributed by atoms with van der Waals surface area (Å²) in [6, 6.07) is 13.1. The first-order valence-corrected chi connectivity index (χ1v) is 5.90. The standard InChI is InChI=1S/C16H16O3/c1-4-12-8-10-13(11-9-12)19-16-14(17-2)6-5-7-15(16)18-3/h4-11H,1H2,2-3H3. The van der Waals surface area contributed by atoms with Crippen molar-refractivity contribution < 1.29 is 14.2 Å². The molecule has 0 unspecified atom stereocenters. The Balaban J connectivity index is 2.33. The van der Waals surface area contributed by atoms with Gasteiger partial charge in [-0.2, -0.15) is 0 Å². The second-order valence-electron chi connectivity index (χ2n) is 3.87. The third-order valence-electron chi connectivity index (χ3n) is 2.72. The van der Waals surface area contributed by atoms with Gasteiger partial charge in [-0.05, 0) is 29.8 Å². The largest absolute Gasteiger partial charge is 0.493 e. The Kier molecular flexibility index (Phi) is 4.08. The van der Waals surface area contributed by atoms with Crippen LogP contribution in [0.1, 0.15) is 5.56 Å². The third kappa shape index (κ3) is 2.88. The summed E-state index contributed by atoms with van der Waals surface area (Å²) in [4.78, 5) is 0. The first-order valence-electron chi connectivity index (χ1n) is 5.90. The van der Waals surface area contributed by atoms with Gasteiger partial charge in [-0.1, -0.05) is 30.9 Å². The lowest BCUT2D eigenvalue weighted by molar-refractivity contribution is 0.346. The molecule has 0 radical (unpaired) electrons. The Labute approximate surface area is 113 Å². The molecule has 0 aliphatic rings. The van der Waals surface area contributed by atoms with E-state index in [1.54, 1.807) is 20.3 Å². The van der Waals surface area contributed by atoms with Crippen LogP contribution in [-0.2, 0) is 0 Å². The highest BCUT2D eigenvalue weighted by molar-refractivity contribution is 5.54. The van der Waals surface area contributed by atoms with Gasteiger partial charge in [0, 0.05) is 0 Å². The Morgan fingerprint density at radius 1 is 0.895 bits per heavy atom. The normalized spacial score (nSPS) is 9.79. The highest BCUT2D eigenvalue weighted by Gasteiger charge is 2.12. The predicted molar refractivity (Wildman–Crippen MR) is 76.2 cm³/mol. The second kappa shape index (κ2) is 5.96. The molecule has 0 atom stereocenters. The lowest BCUT2D eigenvalue weighted by Gasteiger charge is -2.13. The van der Waals surface area contributed by atoms with Crippen LogP contribution in [-0.4, -0.2) is 14.2 Å². The van der Waals surface area contributed by atoms with Crippen LogP contribution in [0.5, 0.6) is 23.0 Å². The highest BCUT2D eigenvalue weighted by atomic mass is 16.5. The molecule has 98 valence electrons. The summed E-state index contributed by atoms with van der Waals surface area (Å²) in [6.45, 7) is 3.72. The molecular formula is C16H16O3. The zero-order valence-corrected chi connectivity index (χ0v) is 11.1. The van der Waals surface area contributed by atoms with Crippen LogP contribution >= 0.6 is 0 Å². The van der Waals surface area contributed by atoms with E-state index in [-0.39, 0.29) is 0 Å². The maximum absolute atomic E-state index is 5.84. The molecule has 2 aromatic carbocycles. The van der Waals surface area contributed by atoms with E-state index in [1.807, 2.05) is 42.5 Å². The summed E-state index contributed by atoms with van der Waals surface area (Å²) in [5.41, 5.74) is 1.04. The van der Waals surface area contributed by atoms with Gasteiger partial charge in [0.2, 0.25) is 5.75 Å². The summed E-state index contributed by atoms with van der Waals surface area (Å²) in [5, 5.41) is 0. The molecule has 19 heavy (non-hydrogen) atoms. The SMILES string of the molecule is C=Cc1ccc(Oc2c(OC)cccc2OC)cc1. The van der Waals surface area contributed by atoms with Crippen molar-refractivity contribution in [2.24, 2.45) is 0 Å². The van der Waals surface area contributed by atoms with Gasteiger partial charge in [0.05, 0.1) is 14.2 Å². The fourth-order valence-corrected chi connectivity index (χ4v) is 1.71. The van der Waals surface area contributed by atoms with Crippen LogP contribution in [0.4, 0.5) is 0 Å². The van der Waals surface area contributed by atoms with Crippen molar-refractivity contribution in [2.45, 2.75) is 0 Å². The van der Waals surface area contributed by atoms with Crippen LogP contribution in [0.2, 0.25) is 0 Å². The molecule has 0 heterocycles. The zero-order chi connectivity index (χ0) is 13.7. The number of methoxy groups -OCH3 is 2. The summed E-state index contributed by atoms with van der Waals surface area (Å²) in [5.74, 6) is 2.55. The molecular weight excluding hydrogens is 240 g/mol. The van der Waals surface area contributed by atoms with Crippen LogP contribution in [0.25, 0.3) is 6.08 Å². The molecule has 0 N–H and O–H groups in total. The van der Waals surface area contributed by atoms with E-state index < -0.39 is 0 Å². The summed E-state index contributed by atoms with van der Waals surface area (Å²) in [6.07, 6.45) is 1.79. The Morgan fingerprint density at radius 3 is 1.95 bits per heavy atom. The maximum Gasteiger partial charge on any atom is 0.210 e. The van der Waals surface area contributed by atoms with Crippen molar-refractivity contribution in [2.75, 3.05) is 14.2 Å². The van der Waals surface area contributed by atoms with E-state index in [0.29, 0.717) is 23.0 Å². The topological polar surface area (TPSA) is 27.7 Å². The fraction of sp³-hybridized carbons (Fsp3) is 0.125. The molecule has 2 rings (SSSR count). The van der Waals surface area contributed by atoms with Crippen molar-refractivity contribution in [1.29, 1.82) is 0 Å². The van der Waals surface area contributed by atoms with Gasteiger partial charge in [0.1, 0.15) is 5.75 Å². The van der Waals surface area contributed by atoms with Gasteiger partial charge >= 0.3 is 0 Å². The van der Waals surface area contributed by atoms with Gasteiger partial charge in [-0.15, -0.1) is 0 Å². The minimum atomic E-state index is 0.568. The lowest BCUT2D eigenvalue weighted by atomic mass is 10.2. The zero-order valence-electron chi connectivity index (χ0n) is 11.1. The van der Waals surface area contributed by atoms with Crippen molar-refractivity contribution in [1.82, 2.24) is 0 Å². The molecule has 0 saturated carbocycles. The van der Waals surface area contributed by atoms with Crippen LogP contribution < -0.4 is 14.2 Å². The lowest BCUT2D eigenvalue weighted by Crippen LogP contribution is -1.94. The Hall–Kier alpha value is -2.42. The summed E-state index contributed by atoms with van der Waals surface area (Å²) >= 11 is 0. The van der Waals surface area contributed by atoms with Gasteiger partial charge in [-0.3, -0.25) is 0 Å². The monoisotopic (exact) mass is 256 g/mol. The minimum absolute atomic E-state index is 0.568. The minimum Gasteiger partial charge on any atom is -0.493 e. The Morgan fingerprint density at radius 2 is 1.47 bits per heavy atom. The average molecular weight is 256 g/mol. The molecule has 0 aromatic heterocycles. The predicted octanol–water partition coefficient (Wildman–Crippen LogP) is 4.14. The number of benzene rings is 2. The van der Waals surface area contributed by atoms with Crippen LogP contribution in [0.15, 0.2) is 49.0 Å². The highest BCUT2D eigenvalue weighted by Crippen LogP contribution is 2.39. The quantitative estimate of drug-likeness (QED) is 0.804. The molecule has 0 aliphatic carbocycles. The summed E-state index contributed by atoms with van der Waals surface area (Å²) in [7, 11) is 3.20. The molecule has 0 spiro atoms. The molecule has 0 saturated heterocycles. The fourth-order valence-electron chi connectivity index (χ4n) is 1.71. The number of para-hydroxylation sites is 1. The smallest absolute Gasteiger partial charge is 0.210 e. The molecule has 2 aromatic rings. The van der Waals surface area contributed by atoms with E-state index >= 15 is 0 Å². The first-order chi connectivity index (χ1) is 9.28. The van der Waals surface area contributed by atoms with Crippen LogP contribution in [0.3, 0.4) is 0 Å². The maximum atomic E-state index is 5.84. The molecule has 0 bridgehead atoms. The average Bonchev–Trinajstić information content (AvgIpc) is 2.48. The third-order valence-corrected chi connectivity index (χ3v) is 2.72. The second-order valence-corrected chi connectivity index (χ2v) is 3.87. The van der Waals surface area contributed by atoms with E-state index in [1.165, 1.54) is 0 Å². The van der Waals surface area contributed by atoms with E-state index in [9.17, 15) is 0 Å². The molecule has 0 amide bonds. The number of rotatable bonds is 5. The van der Waals surface area contributed by atoms with Crippen molar-refractivity contribution >= 4 is 6.08 Å². The number of hydrogen-bond acceptors (Lipinski definition) is 3. The number of ether oxygens (including phenoxy) is 3. The molecule has 0 aliphatic heterocycles. The van der Waals surface area contributed by atoms with E-state index in [4.69, 9.17) is 14.2 Å². The van der Waals surface area contributed by atoms with Crippen molar-refractivity contribution in [3.8, 4) is 23.0 Å². The Bertz CT molecular complexity index is 536. The van der Waals surface area contributed by atoms with Gasteiger partial charge in [0.25, 0.3) is 0 Å². The van der Waals surface area contributed by atoms with E-state index in [2.05, 4.69) is 6.58 Å². The molecule has 0 fully saturated rings. The molecule has 3 nitrogen and oxygen atoms in total. The molecule has 3 heteroatoms. The van der Waals surface area contributed by atoms with Gasteiger partial charge in [-0.25, -0.2) is 0 Å². The van der Waals surface area contributed by atoms with Gasteiger partial charge < -0.3 is 14.2 Å². The first kappa shape index (κ1) is 13.0. The number of hydrogen-bond donors (Lipinski definition) is 0. The van der Waals surface area contributed by atoms with E-state index in [0.717, 1.165) is 5.56 Å². The summed E-state index contributed by atoms with van der Waals surface area (Å²) < 4.78 is 16.4. The van der Waals surface area contributed by atoms with Crippen molar-refractivity contribution in [3.05, 3.63) is 54.6 Å². The van der Waals surface area contributed by atoms with Gasteiger partial charge in [0.15, 0.2) is 11.5 Å². The van der Waals surface area contributed by atoms with Crippen molar-refractivity contribution in [3.63, 3.8) is 0 Å². The van der Waals surface area contributed by atoms with Crippen LogP contribution in [0, 0.1) is 0 Å².